The number of rotatable bonds is 6. The first kappa shape index (κ1) is 17.0. The van der Waals surface area contributed by atoms with Crippen LogP contribution in [-0.4, -0.2) is 34.2 Å². The molecule has 25 heavy (non-hydrogen) atoms. The van der Waals surface area contributed by atoms with E-state index >= 15 is 0 Å². The third-order valence-electron chi connectivity index (χ3n) is 4.13. The number of unbranched alkanes of at least 4 members (excludes halogenated alkanes) is 1. The van der Waals surface area contributed by atoms with Crippen LogP contribution in [0.25, 0.3) is 17.1 Å². The van der Waals surface area contributed by atoms with Gasteiger partial charge in [0.1, 0.15) is 11.5 Å². The number of hydrogen-bond donors (Lipinski definition) is 0. The van der Waals surface area contributed by atoms with Gasteiger partial charge in [-0.05, 0) is 37.6 Å². The van der Waals surface area contributed by atoms with Crippen molar-refractivity contribution in [3.63, 3.8) is 0 Å². The molecule has 0 aliphatic heterocycles. The Morgan fingerprint density at radius 2 is 1.96 bits per heavy atom. The van der Waals surface area contributed by atoms with Crippen molar-refractivity contribution in [3.05, 3.63) is 60.0 Å². The first-order chi connectivity index (χ1) is 12.1. The van der Waals surface area contributed by atoms with Gasteiger partial charge in [0, 0.05) is 19.8 Å². The molecule has 130 valence electrons. The Balaban J connectivity index is 2.03. The molecule has 3 aromatic rings. The number of hydrogen-bond acceptors (Lipinski definition) is 3. The Labute approximate surface area is 147 Å². The zero-order valence-corrected chi connectivity index (χ0v) is 14.9. The van der Waals surface area contributed by atoms with Gasteiger partial charge in [0.05, 0.1) is 11.3 Å². The zero-order valence-electron chi connectivity index (χ0n) is 14.9. The highest BCUT2D eigenvalue weighted by molar-refractivity contribution is 5.99. The predicted octanol–water partition coefficient (Wildman–Crippen LogP) is 4.31. The van der Waals surface area contributed by atoms with Crippen molar-refractivity contribution in [3.8, 4) is 17.1 Å². The van der Waals surface area contributed by atoms with E-state index in [1.807, 2.05) is 56.4 Å². The molecule has 0 aliphatic carbocycles. The van der Waals surface area contributed by atoms with E-state index in [9.17, 15) is 4.79 Å². The number of furan rings is 1. The molecule has 2 heterocycles. The Morgan fingerprint density at radius 1 is 1.20 bits per heavy atom. The molecule has 5 nitrogen and oxygen atoms in total. The van der Waals surface area contributed by atoms with E-state index in [2.05, 4.69) is 12.0 Å². The molecule has 1 amide bonds. The smallest absolute Gasteiger partial charge is 0.257 e. The van der Waals surface area contributed by atoms with Gasteiger partial charge in [-0.1, -0.05) is 31.5 Å². The summed E-state index contributed by atoms with van der Waals surface area (Å²) in [6, 6.07) is 13.5. The number of carbonyl (C=O) groups excluding carboxylic acids is 1. The molecular formula is C20H23N3O2. The molecule has 1 aromatic carbocycles. The van der Waals surface area contributed by atoms with Gasteiger partial charge in [-0.25, -0.2) is 4.68 Å². The van der Waals surface area contributed by atoms with Gasteiger partial charge in [0.25, 0.3) is 5.91 Å². The quantitative estimate of drug-likeness (QED) is 0.673. The molecule has 0 saturated carbocycles. The molecule has 0 aliphatic rings. The number of nitrogens with zero attached hydrogens (tertiary/aromatic N) is 3. The molecule has 0 unspecified atom stereocenters. The lowest BCUT2D eigenvalue weighted by atomic mass is 10.2. The predicted molar refractivity (Wildman–Crippen MR) is 97.9 cm³/mol. The summed E-state index contributed by atoms with van der Waals surface area (Å²) in [6.07, 6.45) is 3.81. The maximum atomic E-state index is 12.9. The minimum absolute atomic E-state index is 0.0420. The first-order valence-corrected chi connectivity index (χ1v) is 8.57. The highest BCUT2D eigenvalue weighted by Gasteiger charge is 2.23. The molecule has 0 atom stereocenters. The topological polar surface area (TPSA) is 51.3 Å². The van der Waals surface area contributed by atoms with Crippen LogP contribution in [0.5, 0.6) is 0 Å². The maximum absolute atomic E-state index is 12.9. The number of para-hydroxylation sites is 1. The van der Waals surface area contributed by atoms with Crippen LogP contribution >= 0.6 is 0 Å². The largest absolute Gasteiger partial charge is 0.460 e. The average Bonchev–Trinajstić information content (AvgIpc) is 3.26. The summed E-state index contributed by atoms with van der Waals surface area (Å²) < 4.78 is 7.45. The minimum Gasteiger partial charge on any atom is -0.460 e. The van der Waals surface area contributed by atoms with Gasteiger partial charge < -0.3 is 9.32 Å². The number of amides is 1. The molecular weight excluding hydrogens is 314 g/mol. The van der Waals surface area contributed by atoms with E-state index in [1.54, 1.807) is 15.8 Å². The van der Waals surface area contributed by atoms with Crippen molar-refractivity contribution in [1.82, 2.24) is 14.7 Å². The van der Waals surface area contributed by atoms with Crippen molar-refractivity contribution in [2.45, 2.75) is 26.7 Å². The van der Waals surface area contributed by atoms with Crippen LogP contribution in [0, 0.1) is 6.92 Å². The summed E-state index contributed by atoms with van der Waals surface area (Å²) in [5.41, 5.74) is 2.03. The molecule has 3 rings (SSSR count). The van der Waals surface area contributed by atoms with Crippen molar-refractivity contribution in [2.75, 3.05) is 13.6 Å². The first-order valence-electron chi connectivity index (χ1n) is 8.57. The van der Waals surface area contributed by atoms with Crippen molar-refractivity contribution >= 4 is 5.91 Å². The van der Waals surface area contributed by atoms with Crippen LogP contribution in [0.2, 0.25) is 0 Å². The number of benzene rings is 1. The summed E-state index contributed by atoms with van der Waals surface area (Å²) in [6.45, 7) is 4.72. The van der Waals surface area contributed by atoms with E-state index in [0.29, 0.717) is 17.0 Å². The average molecular weight is 337 g/mol. The lowest BCUT2D eigenvalue weighted by Gasteiger charge is -2.16. The molecule has 2 aromatic heterocycles. The van der Waals surface area contributed by atoms with Gasteiger partial charge in [-0.2, -0.15) is 5.10 Å². The molecule has 0 N–H and O–H groups in total. The molecule has 0 saturated heterocycles. The summed E-state index contributed by atoms with van der Waals surface area (Å²) >= 11 is 0. The highest BCUT2D eigenvalue weighted by atomic mass is 16.3. The van der Waals surface area contributed by atoms with Crippen LogP contribution < -0.4 is 0 Å². The maximum Gasteiger partial charge on any atom is 0.257 e. The molecule has 5 heteroatoms. The second kappa shape index (κ2) is 7.38. The van der Waals surface area contributed by atoms with E-state index in [1.165, 1.54) is 0 Å². The van der Waals surface area contributed by atoms with Gasteiger partial charge in [0.15, 0.2) is 5.76 Å². The lowest BCUT2D eigenvalue weighted by Crippen LogP contribution is -2.27. The monoisotopic (exact) mass is 337 g/mol. The number of aromatic nitrogens is 2. The SMILES string of the molecule is CCCCN(C)C(=O)c1cn(-c2ccccc2)nc1-c1ccc(C)o1. The van der Waals surface area contributed by atoms with Crippen molar-refractivity contribution < 1.29 is 9.21 Å². The van der Waals surface area contributed by atoms with E-state index in [-0.39, 0.29) is 5.91 Å². The summed E-state index contributed by atoms with van der Waals surface area (Å²) in [5.74, 6) is 1.36. The van der Waals surface area contributed by atoms with Crippen molar-refractivity contribution in [1.29, 1.82) is 0 Å². The van der Waals surface area contributed by atoms with Gasteiger partial charge in [0.2, 0.25) is 0 Å². The Bertz CT molecular complexity index is 849. The van der Waals surface area contributed by atoms with E-state index < -0.39 is 0 Å². The standard InChI is InChI=1S/C20H23N3O2/c1-4-5-13-22(3)20(24)17-14-23(16-9-7-6-8-10-16)21-19(17)18-12-11-15(2)25-18/h6-12,14H,4-5,13H2,1-3H3. The van der Waals surface area contributed by atoms with E-state index in [4.69, 9.17) is 4.42 Å². The third kappa shape index (κ3) is 3.65. The van der Waals surface area contributed by atoms with Gasteiger partial charge in [-0.15, -0.1) is 0 Å². The number of carbonyl (C=O) groups is 1. The summed E-state index contributed by atoms with van der Waals surface area (Å²) in [5, 5.41) is 4.62. The van der Waals surface area contributed by atoms with Crippen LogP contribution in [0.1, 0.15) is 35.9 Å². The Morgan fingerprint density at radius 3 is 2.60 bits per heavy atom. The lowest BCUT2D eigenvalue weighted by molar-refractivity contribution is 0.0794. The van der Waals surface area contributed by atoms with Crippen LogP contribution in [0.15, 0.2) is 53.1 Å². The number of aryl methyl sites for hydroxylation is 1. The zero-order chi connectivity index (χ0) is 17.8. The van der Waals surface area contributed by atoms with Gasteiger partial charge >= 0.3 is 0 Å². The Hall–Kier alpha value is -2.82. The molecule has 0 spiro atoms. The Kier molecular flexibility index (Phi) is 5.03. The van der Waals surface area contributed by atoms with E-state index in [0.717, 1.165) is 30.8 Å². The van der Waals surface area contributed by atoms with Crippen LogP contribution in [0.3, 0.4) is 0 Å². The fourth-order valence-electron chi connectivity index (χ4n) is 2.69. The summed E-state index contributed by atoms with van der Waals surface area (Å²) in [4.78, 5) is 14.7. The van der Waals surface area contributed by atoms with Crippen LogP contribution in [-0.2, 0) is 0 Å². The fraction of sp³-hybridized carbons (Fsp3) is 0.300. The molecule has 0 fully saturated rings. The molecule has 0 bridgehead atoms. The van der Waals surface area contributed by atoms with Crippen molar-refractivity contribution in [2.24, 2.45) is 0 Å². The van der Waals surface area contributed by atoms with Crippen LogP contribution in [0.4, 0.5) is 0 Å². The minimum atomic E-state index is -0.0420. The normalized spacial score (nSPS) is 10.8. The summed E-state index contributed by atoms with van der Waals surface area (Å²) in [7, 11) is 1.83. The highest BCUT2D eigenvalue weighted by Crippen LogP contribution is 2.26. The second-order valence-corrected chi connectivity index (χ2v) is 6.16. The molecule has 0 radical (unpaired) electrons. The third-order valence-corrected chi connectivity index (χ3v) is 4.13. The second-order valence-electron chi connectivity index (χ2n) is 6.16. The van der Waals surface area contributed by atoms with Gasteiger partial charge in [-0.3, -0.25) is 4.79 Å². The fourth-order valence-corrected chi connectivity index (χ4v) is 2.69.